The molecular formula is C26H34F3N3O5S. The molecule has 210 valence electrons. The van der Waals surface area contributed by atoms with E-state index in [0.29, 0.717) is 28.2 Å². The highest BCUT2D eigenvalue weighted by Gasteiger charge is 2.34. The average molecular weight is 558 g/mol. The van der Waals surface area contributed by atoms with Crippen molar-refractivity contribution < 1.29 is 35.9 Å². The van der Waals surface area contributed by atoms with E-state index in [2.05, 4.69) is 5.32 Å². The fourth-order valence-corrected chi connectivity index (χ4v) is 4.56. The summed E-state index contributed by atoms with van der Waals surface area (Å²) in [6, 6.07) is 9.59. The minimum atomic E-state index is -4.70. The molecular weight excluding hydrogens is 523 g/mol. The number of anilines is 1. The smallest absolute Gasteiger partial charge is 0.416 e. The molecule has 0 aromatic heterocycles. The van der Waals surface area contributed by atoms with Gasteiger partial charge in [-0.05, 0) is 48.2 Å². The van der Waals surface area contributed by atoms with Gasteiger partial charge in [-0.3, -0.25) is 13.9 Å². The number of carbonyl (C=O) groups excluding carboxylic acids is 2. The Balaban J connectivity index is 2.47. The van der Waals surface area contributed by atoms with E-state index in [4.69, 9.17) is 4.74 Å². The number of benzene rings is 2. The SMILES string of the molecule is CC[C@@H](C(=O)NCC(C)C)N(Cc1ccc(OC)cc1)C(=O)CN(c1cccc(C(F)(F)F)c1)S(C)(=O)=O. The zero-order valence-corrected chi connectivity index (χ0v) is 22.9. The lowest BCUT2D eigenvalue weighted by molar-refractivity contribution is -0.140. The van der Waals surface area contributed by atoms with Crippen LogP contribution in [0.15, 0.2) is 48.5 Å². The maximum absolute atomic E-state index is 13.6. The minimum Gasteiger partial charge on any atom is -0.497 e. The summed E-state index contributed by atoms with van der Waals surface area (Å²) < 4.78 is 70.9. The number of rotatable bonds is 12. The molecule has 1 N–H and O–H groups in total. The van der Waals surface area contributed by atoms with E-state index in [0.717, 1.165) is 18.4 Å². The number of ether oxygens (including phenoxy) is 1. The molecule has 0 spiro atoms. The highest BCUT2D eigenvalue weighted by Crippen LogP contribution is 2.32. The first-order valence-corrected chi connectivity index (χ1v) is 13.9. The molecule has 2 amide bonds. The second kappa shape index (κ2) is 13.0. The maximum atomic E-state index is 13.6. The number of methoxy groups -OCH3 is 1. The number of alkyl halides is 3. The Morgan fingerprint density at radius 3 is 2.21 bits per heavy atom. The van der Waals surface area contributed by atoms with Gasteiger partial charge in [-0.2, -0.15) is 13.2 Å². The third kappa shape index (κ3) is 8.64. The number of nitrogens with one attached hydrogen (secondary N) is 1. The molecule has 0 saturated carbocycles. The zero-order chi connectivity index (χ0) is 28.7. The van der Waals surface area contributed by atoms with E-state index in [1.54, 1.807) is 31.2 Å². The lowest BCUT2D eigenvalue weighted by atomic mass is 10.1. The number of sulfonamides is 1. The minimum absolute atomic E-state index is 0.0311. The van der Waals surface area contributed by atoms with E-state index in [-0.39, 0.29) is 24.6 Å². The Bertz CT molecular complexity index is 1200. The largest absolute Gasteiger partial charge is 0.497 e. The molecule has 0 radical (unpaired) electrons. The van der Waals surface area contributed by atoms with Gasteiger partial charge in [0.1, 0.15) is 18.3 Å². The van der Waals surface area contributed by atoms with Crippen molar-refractivity contribution in [2.45, 2.75) is 46.0 Å². The van der Waals surface area contributed by atoms with Crippen LogP contribution in [-0.4, -0.2) is 57.6 Å². The molecule has 2 rings (SSSR count). The van der Waals surface area contributed by atoms with E-state index in [9.17, 15) is 31.2 Å². The molecule has 2 aromatic rings. The van der Waals surface area contributed by atoms with Crippen molar-refractivity contribution in [2.75, 3.05) is 30.8 Å². The first-order chi connectivity index (χ1) is 17.7. The average Bonchev–Trinajstić information content (AvgIpc) is 2.85. The van der Waals surface area contributed by atoms with Gasteiger partial charge in [0.15, 0.2) is 0 Å². The molecule has 0 fully saturated rings. The number of nitrogens with zero attached hydrogens (tertiary/aromatic N) is 2. The summed E-state index contributed by atoms with van der Waals surface area (Å²) in [7, 11) is -2.66. The molecule has 12 heteroatoms. The summed E-state index contributed by atoms with van der Waals surface area (Å²) in [5.74, 6) is -0.409. The van der Waals surface area contributed by atoms with Crippen molar-refractivity contribution in [3.8, 4) is 5.75 Å². The Morgan fingerprint density at radius 2 is 1.71 bits per heavy atom. The van der Waals surface area contributed by atoms with Crippen LogP contribution in [0.2, 0.25) is 0 Å². The van der Waals surface area contributed by atoms with E-state index >= 15 is 0 Å². The Labute approximate surface area is 221 Å². The third-order valence-corrected chi connectivity index (χ3v) is 6.86. The fraction of sp³-hybridized carbons (Fsp3) is 0.462. The second-order valence-corrected chi connectivity index (χ2v) is 11.2. The predicted molar refractivity (Wildman–Crippen MR) is 139 cm³/mol. The molecule has 0 aliphatic heterocycles. The normalized spacial score (nSPS) is 12.7. The van der Waals surface area contributed by atoms with Crippen molar-refractivity contribution in [2.24, 2.45) is 5.92 Å². The monoisotopic (exact) mass is 557 g/mol. The van der Waals surface area contributed by atoms with E-state index in [1.807, 2.05) is 13.8 Å². The number of hydrogen-bond donors (Lipinski definition) is 1. The van der Waals surface area contributed by atoms with Crippen molar-refractivity contribution in [3.63, 3.8) is 0 Å². The summed E-state index contributed by atoms with van der Waals surface area (Å²) in [6.07, 6.45) is -3.67. The standard InChI is InChI=1S/C26H34F3N3O5S/c1-6-23(25(34)30-15-18(2)3)31(16-19-10-12-22(37-4)13-11-19)24(33)17-32(38(5,35)36)21-9-7-8-20(14-21)26(27,28)29/h7-14,18,23H,6,15-17H2,1-5H3,(H,30,34)/t23-/m0/s1. The van der Waals surface area contributed by atoms with Gasteiger partial charge in [-0.25, -0.2) is 8.42 Å². The third-order valence-electron chi connectivity index (χ3n) is 5.72. The van der Waals surface area contributed by atoms with Crippen LogP contribution in [0.5, 0.6) is 5.75 Å². The van der Waals surface area contributed by atoms with Gasteiger partial charge < -0.3 is 15.0 Å². The van der Waals surface area contributed by atoms with Crippen LogP contribution in [0.4, 0.5) is 18.9 Å². The lowest BCUT2D eigenvalue weighted by Crippen LogP contribution is -2.52. The highest BCUT2D eigenvalue weighted by atomic mass is 32.2. The molecule has 0 aliphatic rings. The van der Waals surface area contributed by atoms with Gasteiger partial charge in [0.25, 0.3) is 0 Å². The van der Waals surface area contributed by atoms with Crippen molar-refractivity contribution in [1.29, 1.82) is 0 Å². The first kappa shape index (κ1) is 30.9. The maximum Gasteiger partial charge on any atom is 0.416 e. The Hall–Kier alpha value is -3.28. The summed E-state index contributed by atoms with van der Waals surface area (Å²) in [5.41, 5.74) is -0.706. The molecule has 0 aliphatic carbocycles. The van der Waals surface area contributed by atoms with Crippen LogP contribution in [0, 0.1) is 5.92 Å². The summed E-state index contributed by atoms with van der Waals surface area (Å²) in [5, 5.41) is 2.80. The number of carbonyl (C=O) groups is 2. The van der Waals surface area contributed by atoms with Gasteiger partial charge in [0.2, 0.25) is 21.8 Å². The molecule has 0 heterocycles. The second-order valence-electron chi connectivity index (χ2n) is 9.25. The van der Waals surface area contributed by atoms with Crippen LogP contribution in [0.3, 0.4) is 0 Å². The first-order valence-electron chi connectivity index (χ1n) is 12.0. The Kier molecular flexibility index (Phi) is 10.6. The topological polar surface area (TPSA) is 96.0 Å². The van der Waals surface area contributed by atoms with Crippen molar-refractivity contribution >= 4 is 27.5 Å². The van der Waals surface area contributed by atoms with E-state index < -0.39 is 46.2 Å². The van der Waals surface area contributed by atoms with Gasteiger partial charge in [0, 0.05) is 13.1 Å². The van der Waals surface area contributed by atoms with Crippen LogP contribution < -0.4 is 14.4 Å². The van der Waals surface area contributed by atoms with Gasteiger partial charge >= 0.3 is 6.18 Å². The van der Waals surface area contributed by atoms with Crippen molar-refractivity contribution in [3.05, 3.63) is 59.7 Å². The summed E-state index contributed by atoms with van der Waals surface area (Å²) in [6.45, 7) is 5.11. The van der Waals surface area contributed by atoms with Crippen LogP contribution in [-0.2, 0) is 32.3 Å². The summed E-state index contributed by atoms with van der Waals surface area (Å²) >= 11 is 0. The van der Waals surface area contributed by atoms with Gasteiger partial charge in [-0.1, -0.05) is 39.0 Å². The summed E-state index contributed by atoms with van der Waals surface area (Å²) in [4.78, 5) is 27.9. The Morgan fingerprint density at radius 1 is 1.08 bits per heavy atom. The molecule has 0 unspecified atom stereocenters. The molecule has 0 bridgehead atoms. The molecule has 2 aromatic carbocycles. The lowest BCUT2D eigenvalue weighted by Gasteiger charge is -2.33. The number of halogens is 3. The quantitative estimate of drug-likeness (QED) is 0.425. The zero-order valence-electron chi connectivity index (χ0n) is 22.1. The number of amides is 2. The number of hydrogen-bond acceptors (Lipinski definition) is 5. The van der Waals surface area contributed by atoms with Gasteiger partial charge in [0.05, 0.1) is 24.6 Å². The van der Waals surface area contributed by atoms with E-state index in [1.165, 1.54) is 18.1 Å². The van der Waals surface area contributed by atoms with Crippen LogP contribution in [0.1, 0.15) is 38.3 Å². The van der Waals surface area contributed by atoms with Crippen LogP contribution in [0.25, 0.3) is 0 Å². The van der Waals surface area contributed by atoms with Gasteiger partial charge in [-0.15, -0.1) is 0 Å². The fourth-order valence-electron chi connectivity index (χ4n) is 3.72. The highest BCUT2D eigenvalue weighted by molar-refractivity contribution is 7.92. The molecule has 38 heavy (non-hydrogen) atoms. The van der Waals surface area contributed by atoms with Crippen LogP contribution >= 0.6 is 0 Å². The van der Waals surface area contributed by atoms with Crippen molar-refractivity contribution in [1.82, 2.24) is 10.2 Å². The predicted octanol–water partition coefficient (Wildman–Crippen LogP) is 4.06. The molecule has 8 nitrogen and oxygen atoms in total. The molecule has 0 saturated heterocycles. The molecule has 1 atom stereocenters.